The monoisotopic (exact) mass is 232 g/mol. The molecule has 92 valence electrons. The van der Waals surface area contributed by atoms with Gasteiger partial charge in [-0.25, -0.2) is 0 Å². The van der Waals surface area contributed by atoms with E-state index in [9.17, 15) is 0 Å². The molecule has 1 heterocycles. The van der Waals surface area contributed by atoms with Crippen LogP contribution in [0.15, 0.2) is 30.5 Å². The SMILES string of the molecule is CC(CO)C(C)NCc1cccc2[nH]ccc12. The molecule has 2 unspecified atom stereocenters. The fourth-order valence-electron chi connectivity index (χ4n) is 1.93. The van der Waals surface area contributed by atoms with Crippen LogP contribution in [0.3, 0.4) is 0 Å². The lowest BCUT2D eigenvalue weighted by Gasteiger charge is -2.19. The number of fused-ring (bicyclic) bond motifs is 1. The molecule has 2 rings (SSSR count). The zero-order valence-electron chi connectivity index (χ0n) is 10.4. The molecule has 0 fully saturated rings. The van der Waals surface area contributed by atoms with E-state index in [-0.39, 0.29) is 12.5 Å². The highest BCUT2D eigenvalue weighted by Crippen LogP contribution is 2.17. The molecule has 2 atom stereocenters. The van der Waals surface area contributed by atoms with Gasteiger partial charge in [0.25, 0.3) is 0 Å². The van der Waals surface area contributed by atoms with E-state index in [1.807, 2.05) is 6.20 Å². The Morgan fingerprint density at radius 2 is 2.12 bits per heavy atom. The van der Waals surface area contributed by atoms with Crippen molar-refractivity contribution in [2.75, 3.05) is 6.61 Å². The second-order valence-corrected chi connectivity index (χ2v) is 4.69. The van der Waals surface area contributed by atoms with E-state index in [2.05, 4.69) is 48.4 Å². The van der Waals surface area contributed by atoms with Crippen molar-refractivity contribution >= 4 is 10.9 Å². The normalized spacial score (nSPS) is 15.0. The molecule has 1 aromatic carbocycles. The fraction of sp³-hybridized carbons (Fsp3) is 0.429. The summed E-state index contributed by atoms with van der Waals surface area (Å²) in [5, 5.41) is 13.8. The van der Waals surface area contributed by atoms with Crippen molar-refractivity contribution in [3.05, 3.63) is 36.0 Å². The van der Waals surface area contributed by atoms with Crippen molar-refractivity contribution in [3.63, 3.8) is 0 Å². The molecule has 0 amide bonds. The summed E-state index contributed by atoms with van der Waals surface area (Å²) in [6, 6.07) is 8.70. The molecule has 0 saturated heterocycles. The Morgan fingerprint density at radius 1 is 1.29 bits per heavy atom. The molecule has 1 aromatic heterocycles. The van der Waals surface area contributed by atoms with Gasteiger partial charge >= 0.3 is 0 Å². The van der Waals surface area contributed by atoms with Crippen molar-refractivity contribution in [1.82, 2.24) is 10.3 Å². The number of nitrogens with one attached hydrogen (secondary N) is 2. The van der Waals surface area contributed by atoms with Crippen LogP contribution in [0.4, 0.5) is 0 Å². The summed E-state index contributed by atoms with van der Waals surface area (Å²) in [6.07, 6.45) is 1.97. The number of hydrogen-bond donors (Lipinski definition) is 3. The fourth-order valence-corrected chi connectivity index (χ4v) is 1.93. The van der Waals surface area contributed by atoms with Gasteiger partial charge in [0.15, 0.2) is 0 Å². The molecule has 3 heteroatoms. The molecule has 0 spiro atoms. The number of hydrogen-bond acceptors (Lipinski definition) is 2. The minimum absolute atomic E-state index is 0.225. The molecule has 2 aromatic rings. The van der Waals surface area contributed by atoms with E-state index in [0.717, 1.165) is 6.54 Å². The highest BCUT2D eigenvalue weighted by molar-refractivity contribution is 5.82. The van der Waals surface area contributed by atoms with E-state index < -0.39 is 0 Å². The first-order chi connectivity index (χ1) is 8.22. The molecule has 0 aliphatic rings. The van der Waals surface area contributed by atoms with Crippen LogP contribution in [0.5, 0.6) is 0 Å². The van der Waals surface area contributed by atoms with Gasteiger partial charge in [-0.3, -0.25) is 0 Å². The number of aromatic nitrogens is 1. The first kappa shape index (κ1) is 12.1. The first-order valence-electron chi connectivity index (χ1n) is 6.11. The highest BCUT2D eigenvalue weighted by Gasteiger charge is 2.10. The van der Waals surface area contributed by atoms with Gasteiger partial charge in [-0.05, 0) is 30.5 Å². The summed E-state index contributed by atoms with van der Waals surface area (Å²) in [4.78, 5) is 3.21. The lowest BCUT2D eigenvalue weighted by molar-refractivity contribution is 0.207. The number of benzene rings is 1. The predicted molar refractivity (Wildman–Crippen MR) is 70.9 cm³/mol. The third kappa shape index (κ3) is 2.68. The summed E-state index contributed by atoms with van der Waals surface area (Å²) in [6.45, 7) is 5.22. The Labute approximate surface area is 102 Å². The topological polar surface area (TPSA) is 48.0 Å². The highest BCUT2D eigenvalue weighted by atomic mass is 16.3. The third-order valence-corrected chi connectivity index (χ3v) is 3.44. The van der Waals surface area contributed by atoms with Crippen LogP contribution >= 0.6 is 0 Å². The summed E-state index contributed by atoms with van der Waals surface area (Å²) >= 11 is 0. The minimum atomic E-state index is 0.225. The molecular formula is C14H20N2O. The van der Waals surface area contributed by atoms with E-state index >= 15 is 0 Å². The number of rotatable bonds is 5. The lowest BCUT2D eigenvalue weighted by Crippen LogP contribution is -2.33. The van der Waals surface area contributed by atoms with Gasteiger partial charge in [0, 0.05) is 36.3 Å². The number of H-pyrrole nitrogens is 1. The Hall–Kier alpha value is -1.32. The smallest absolute Gasteiger partial charge is 0.0471 e. The van der Waals surface area contributed by atoms with E-state index in [0.29, 0.717) is 6.04 Å². The predicted octanol–water partition coefficient (Wildman–Crippen LogP) is 2.27. The van der Waals surface area contributed by atoms with Crippen LogP contribution in [0.1, 0.15) is 19.4 Å². The molecule has 3 N–H and O–H groups in total. The Balaban J connectivity index is 2.06. The zero-order chi connectivity index (χ0) is 12.3. The van der Waals surface area contributed by atoms with Gasteiger partial charge in [0.2, 0.25) is 0 Å². The molecule has 0 saturated carbocycles. The lowest BCUT2D eigenvalue weighted by atomic mass is 10.0. The average molecular weight is 232 g/mol. The van der Waals surface area contributed by atoms with Crippen LogP contribution in [0.25, 0.3) is 10.9 Å². The van der Waals surface area contributed by atoms with Crippen molar-refractivity contribution in [3.8, 4) is 0 Å². The number of aliphatic hydroxyl groups excluding tert-OH is 1. The molecule has 3 nitrogen and oxygen atoms in total. The number of aromatic amines is 1. The summed E-state index contributed by atoms with van der Waals surface area (Å²) in [5.74, 6) is 0.278. The van der Waals surface area contributed by atoms with Gasteiger partial charge in [0.05, 0.1) is 0 Å². The summed E-state index contributed by atoms with van der Waals surface area (Å²) in [7, 11) is 0. The van der Waals surface area contributed by atoms with Crippen molar-refractivity contribution in [1.29, 1.82) is 0 Å². The molecular weight excluding hydrogens is 212 g/mol. The van der Waals surface area contributed by atoms with Crippen molar-refractivity contribution in [2.45, 2.75) is 26.4 Å². The van der Waals surface area contributed by atoms with Crippen LogP contribution in [-0.2, 0) is 6.54 Å². The van der Waals surface area contributed by atoms with Crippen LogP contribution in [-0.4, -0.2) is 22.7 Å². The molecule has 17 heavy (non-hydrogen) atoms. The summed E-state index contributed by atoms with van der Waals surface area (Å²) in [5.41, 5.74) is 2.47. The van der Waals surface area contributed by atoms with E-state index in [4.69, 9.17) is 5.11 Å². The van der Waals surface area contributed by atoms with Gasteiger partial charge in [-0.1, -0.05) is 19.1 Å². The van der Waals surface area contributed by atoms with E-state index in [1.54, 1.807) is 0 Å². The zero-order valence-corrected chi connectivity index (χ0v) is 10.4. The van der Waals surface area contributed by atoms with Gasteiger partial charge < -0.3 is 15.4 Å². The molecule has 0 aliphatic heterocycles. The minimum Gasteiger partial charge on any atom is -0.396 e. The quantitative estimate of drug-likeness (QED) is 0.740. The van der Waals surface area contributed by atoms with Gasteiger partial charge in [-0.15, -0.1) is 0 Å². The standard InChI is InChI=1S/C14H20N2O/c1-10(9-17)11(2)16-8-12-4-3-5-14-13(12)6-7-15-14/h3-7,10-11,15-17H,8-9H2,1-2H3. The molecule has 0 radical (unpaired) electrons. The van der Waals surface area contributed by atoms with Crippen LogP contribution in [0.2, 0.25) is 0 Å². The second kappa shape index (κ2) is 5.34. The average Bonchev–Trinajstić information content (AvgIpc) is 2.83. The van der Waals surface area contributed by atoms with Gasteiger partial charge in [0.1, 0.15) is 0 Å². The second-order valence-electron chi connectivity index (χ2n) is 4.69. The Morgan fingerprint density at radius 3 is 2.88 bits per heavy atom. The van der Waals surface area contributed by atoms with Crippen LogP contribution in [0, 0.1) is 5.92 Å². The molecule has 0 bridgehead atoms. The number of aliphatic hydroxyl groups is 1. The first-order valence-corrected chi connectivity index (χ1v) is 6.11. The maximum atomic E-state index is 9.10. The van der Waals surface area contributed by atoms with Gasteiger partial charge in [-0.2, -0.15) is 0 Å². The van der Waals surface area contributed by atoms with Crippen molar-refractivity contribution < 1.29 is 5.11 Å². The largest absolute Gasteiger partial charge is 0.396 e. The van der Waals surface area contributed by atoms with E-state index in [1.165, 1.54) is 16.5 Å². The van der Waals surface area contributed by atoms with Crippen LogP contribution < -0.4 is 5.32 Å². The maximum Gasteiger partial charge on any atom is 0.0471 e. The molecule has 0 aliphatic carbocycles. The maximum absolute atomic E-state index is 9.10. The Kier molecular flexibility index (Phi) is 3.82. The van der Waals surface area contributed by atoms with Crippen molar-refractivity contribution in [2.24, 2.45) is 5.92 Å². The summed E-state index contributed by atoms with van der Waals surface area (Å²) < 4.78 is 0. The Bertz CT molecular complexity index is 478. The third-order valence-electron chi connectivity index (χ3n) is 3.44.